The summed E-state index contributed by atoms with van der Waals surface area (Å²) in [6.07, 6.45) is 0.916. The van der Waals surface area contributed by atoms with Gasteiger partial charge < -0.3 is 15.4 Å². The van der Waals surface area contributed by atoms with Crippen molar-refractivity contribution in [1.29, 1.82) is 0 Å². The van der Waals surface area contributed by atoms with Gasteiger partial charge in [-0.1, -0.05) is 25.1 Å². The summed E-state index contributed by atoms with van der Waals surface area (Å²) in [7, 11) is 1.60. The van der Waals surface area contributed by atoms with E-state index >= 15 is 0 Å². The van der Waals surface area contributed by atoms with Gasteiger partial charge in [-0.15, -0.1) is 10.2 Å². The number of benzene rings is 2. The van der Waals surface area contributed by atoms with Crippen molar-refractivity contribution < 1.29 is 9.53 Å². The molecular formula is C21H22N4O2. The van der Waals surface area contributed by atoms with Crippen LogP contribution in [0.3, 0.4) is 0 Å². The topological polar surface area (TPSA) is 76.1 Å². The lowest BCUT2D eigenvalue weighted by atomic mass is 10.1. The van der Waals surface area contributed by atoms with Gasteiger partial charge in [0.1, 0.15) is 5.75 Å². The first-order valence-corrected chi connectivity index (χ1v) is 8.75. The Kier molecular flexibility index (Phi) is 5.66. The number of amides is 1. The van der Waals surface area contributed by atoms with Gasteiger partial charge >= 0.3 is 0 Å². The monoisotopic (exact) mass is 362 g/mol. The summed E-state index contributed by atoms with van der Waals surface area (Å²) in [6, 6.07) is 16.7. The molecule has 0 unspecified atom stereocenters. The zero-order valence-electron chi connectivity index (χ0n) is 15.6. The van der Waals surface area contributed by atoms with E-state index in [1.165, 1.54) is 5.56 Å². The van der Waals surface area contributed by atoms with Crippen LogP contribution in [0.25, 0.3) is 0 Å². The molecule has 0 aliphatic carbocycles. The van der Waals surface area contributed by atoms with Crippen LogP contribution in [0.15, 0.2) is 54.6 Å². The molecule has 2 aromatic carbocycles. The fourth-order valence-electron chi connectivity index (χ4n) is 2.72. The van der Waals surface area contributed by atoms with E-state index in [-0.39, 0.29) is 11.6 Å². The van der Waals surface area contributed by atoms with E-state index in [1.807, 2.05) is 19.1 Å². The van der Waals surface area contributed by atoms with Crippen LogP contribution < -0.4 is 15.4 Å². The Balaban J connectivity index is 1.70. The summed E-state index contributed by atoms with van der Waals surface area (Å²) in [6.45, 7) is 4.16. The Bertz CT molecular complexity index is 922. The molecule has 3 rings (SSSR count). The van der Waals surface area contributed by atoms with Crippen molar-refractivity contribution in [3.05, 3.63) is 71.4 Å². The molecule has 0 atom stereocenters. The second kappa shape index (κ2) is 8.31. The van der Waals surface area contributed by atoms with E-state index in [4.69, 9.17) is 4.74 Å². The fraction of sp³-hybridized carbons (Fsp3) is 0.190. The van der Waals surface area contributed by atoms with Crippen LogP contribution in [-0.2, 0) is 6.42 Å². The Morgan fingerprint density at radius 1 is 1.04 bits per heavy atom. The summed E-state index contributed by atoms with van der Waals surface area (Å²) < 4.78 is 5.10. The van der Waals surface area contributed by atoms with Crippen LogP contribution in [-0.4, -0.2) is 23.2 Å². The van der Waals surface area contributed by atoms with Crippen molar-refractivity contribution in [3.63, 3.8) is 0 Å². The van der Waals surface area contributed by atoms with Gasteiger partial charge in [0.05, 0.1) is 7.11 Å². The lowest BCUT2D eigenvalue weighted by molar-refractivity contribution is 0.102. The SMILES string of the molecule is CCc1cccc(C)c1Nc1ccc(C(=O)Nc2ccc(OC)cc2)nn1. The number of nitrogens with zero attached hydrogens (tertiary/aromatic N) is 2. The molecule has 1 aromatic heterocycles. The van der Waals surface area contributed by atoms with Gasteiger partial charge in [-0.25, -0.2) is 0 Å². The summed E-state index contributed by atoms with van der Waals surface area (Å²) >= 11 is 0. The Morgan fingerprint density at radius 3 is 2.44 bits per heavy atom. The van der Waals surface area contributed by atoms with Crippen molar-refractivity contribution >= 4 is 23.1 Å². The maximum Gasteiger partial charge on any atom is 0.276 e. The van der Waals surface area contributed by atoms with Crippen molar-refractivity contribution in [1.82, 2.24) is 10.2 Å². The minimum Gasteiger partial charge on any atom is -0.497 e. The van der Waals surface area contributed by atoms with Gasteiger partial charge in [0, 0.05) is 11.4 Å². The van der Waals surface area contributed by atoms with Gasteiger partial charge in [0.15, 0.2) is 11.5 Å². The molecule has 0 bridgehead atoms. The zero-order chi connectivity index (χ0) is 19.2. The van der Waals surface area contributed by atoms with Crippen LogP contribution in [0.5, 0.6) is 5.75 Å². The second-order valence-corrected chi connectivity index (χ2v) is 6.07. The molecule has 1 heterocycles. The standard InChI is InChI=1S/C21H22N4O2/c1-4-15-7-5-6-14(2)20(15)23-19-13-12-18(24-25-19)21(26)22-16-8-10-17(27-3)11-9-16/h5-13H,4H2,1-3H3,(H,22,26)(H,23,25). The van der Waals surface area contributed by atoms with Gasteiger partial charge in [-0.05, 0) is 60.9 Å². The predicted octanol–water partition coefficient (Wildman–Crippen LogP) is 4.35. The van der Waals surface area contributed by atoms with Crippen LogP contribution in [0.1, 0.15) is 28.5 Å². The molecule has 3 aromatic rings. The third-order valence-electron chi connectivity index (χ3n) is 4.24. The molecule has 0 fully saturated rings. The predicted molar refractivity (Wildman–Crippen MR) is 107 cm³/mol. The molecule has 6 nitrogen and oxygen atoms in total. The molecule has 0 radical (unpaired) electrons. The smallest absolute Gasteiger partial charge is 0.276 e. The minimum atomic E-state index is -0.315. The van der Waals surface area contributed by atoms with Crippen LogP contribution in [0.4, 0.5) is 17.2 Å². The first-order valence-electron chi connectivity index (χ1n) is 8.75. The maximum atomic E-state index is 12.3. The normalized spacial score (nSPS) is 10.3. The molecule has 2 N–H and O–H groups in total. The third-order valence-corrected chi connectivity index (χ3v) is 4.24. The Hall–Kier alpha value is -3.41. The molecule has 0 aliphatic rings. The highest BCUT2D eigenvalue weighted by Gasteiger charge is 2.10. The second-order valence-electron chi connectivity index (χ2n) is 6.07. The molecule has 1 amide bonds. The van der Waals surface area contributed by atoms with E-state index in [0.29, 0.717) is 11.5 Å². The highest BCUT2D eigenvalue weighted by Crippen LogP contribution is 2.24. The summed E-state index contributed by atoms with van der Waals surface area (Å²) in [5.74, 6) is 1.01. The molecule has 0 saturated heterocycles. The number of anilines is 3. The van der Waals surface area contributed by atoms with E-state index in [2.05, 4.69) is 33.8 Å². The number of ether oxygens (including phenoxy) is 1. The summed E-state index contributed by atoms with van der Waals surface area (Å²) in [4.78, 5) is 12.3. The number of nitrogens with one attached hydrogen (secondary N) is 2. The quantitative estimate of drug-likeness (QED) is 0.682. The number of methoxy groups -OCH3 is 1. The van der Waals surface area contributed by atoms with E-state index in [0.717, 1.165) is 23.4 Å². The van der Waals surface area contributed by atoms with Crippen LogP contribution in [0.2, 0.25) is 0 Å². The molecule has 6 heteroatoms. The fourth-order valence-corrected chi connectivity index (χ4v) is 2.72. The van der Waals surface area contributed by atoms with Crippen molar-refractivity contribution in [3.8, 4) is 5.75 Å². The average molecular weight is 362 g/mol. The zero-order valence-corrected chi connectivity index (χ0v) is 15.6. The first kappa shape index (κ1) is 18.4. The van der Waals surface area contributed by atoms with Gasteiger partial charge in [0.25, 0.3) is 5.91 Å². The van der Waals surface area contributed by atoms with Gasteiger partial charge in [-0.2, -0.15) is 0 Å². The van der Waals surface area contributed by atoms with Crippen molar-refractivity contribution in [2.24, 2.45) is 0 Å². The van der Waals surface area contributed by atoms with E-state index < -0.39 is 0 Å². The lowest BCUT2D eigenvalue weighted by Crippen LogP contribution is -2.14. The maximum absolute atomic E-state index is 12.3. The van der Waals surface area contributed by atoms with Gasteiger partial charge in [0.2, 0.25) is 0 Å². The number of aromatic nitrogens is 2. The summed E-state index contributed by atoms with van der Waals surface area (Å²) in [5, 5.41) is 14.3. The third kappa shape index (κ3) is 4.41. The van der Waals surface area contributed by atoms with Crippen LogP contribution in [0, 0.1) is 6.92 Å². The number of para-hydroxylation sites is 1. The first-order chi connectivity index (χ1) is 13.1. The molecule has 138 valence electrons. The van der Waals surface area contributed by atoms with Crippen LogP contribution >= 0.6 is 0 Å². The molecule has 0 aliphatic heterocycles. The average Bonchev–Trinajstić information content (AvgIpc) is 2.70. The highest BCUT2D eigenvalue weighted by atomic mass is 16.5. The molecule has 0 saturated carbocycles. The highest BCUT2D eigenvalue weighted by molar-refractivity contribution is 6.02. The Morgan fingerprint density at radius 2 is 1.81 bits per heavy atom. The van der Waals surface area contributed by atoms with Crippen molar-refractivity contribution in [2.75, 3.05) is 17.7 Å². The molecular weight excluding hydrogens is 340 g/mol. The lowest BCUT2D eigenvalue weighted by Gasteiger charge is -2.13. The number of carbonyl (C=O) groups is 1. The van der Waals surface area contributed by atoms with Gasteiger partial charge in [-0.3, -0.25) is 4.79 Å². The minimum absolute atomic E-state index is 0.247. The summed E-state index contributed by atoms with van der Waals surface area (Å²) in [5.41, 5.74) is 4.29. The van der Waals surface area contributed by atoms with Crippen molar-refractivity contribution in [2.45, 2.75) is 20.3 Å². The Labute approximate surface area is 158 Å². The van der Waals surface area contributed by atoms with E-state index in [1.54, 1.807) is 43.5 Å². The number of rotatable bonds is 6. The number of hydrogen-bond acceptors (Lipinski definition) is 5. The molecule has 0 spiro atoms. The van der Waals surface area contributed by atoms with E-state index in [9.17, 15) is 4.79 Å². The largest absolute Gasteiger partial charge is 0.497 e. The molecule has 27 heavy (non-hydrogen) atoms. The number of aryl methyl sites for hydroxylation is 2. The number of carbonyl (C=O) groups excluding carboxylic acids is 1. The number of hydrogen-bond donors (Lipinski definition) is 2.